The van der Waals surface area contributed by atoms with E-state index in [1.807, 2.05) is 13.1 Å². The monoisotopic (exact) mass is 304 g/mol. The van der Waals surface area contributed by atoms with Crippen LogP contribution in [0.25, 0.3) is 0 Å². The van der Waals surface area contributed by atoms with E-state index in [4.69, 9.17) is 9.84 Å². The van der Waals surface area contributed by atoms with Gasteiger partial charge in [0.1, 0.15) is 0 Å². The van der Waals surface area contributed by atoms with Crippen LogP contribution in [0, 0.1) is 5.92 Å². The summed E-state index contributed by atoms with van der Waals surface area (Å²) in [4.78, 5) is 27.4. The lowest BCUT2D eigenvalue weighted by Crippen LogP contribution is -2.42. The number of rotatable bonds is 3. The minimum atomic E-state index is -0.919. The zero-order valence-electron chi connectivity index (χ0n) is 12.6. The molecule has 3 rings (SSSR count). The van der Waals surface area contributed by atoms with Crippen LogP contribution in [0.3, 0.4) is 0 Å². The zero-order chi connectivity index (χ0) is 15.7. The first-order valence-corrected chi connectivity index (χ1v) is 7.43. The van der Waals surface area contributed by atoms with Crippen LogP contribution in [-0.4, -0.2) is 66.2 Å². The van der Waals surface area contributed by atoms with E-state index in [-0.39, 0.29) is 17.9 Å². The van der Waals surface area contributed by atoms with Gasteiger partial charge in [0.2, 0.25) is 5.91 Å². The van der Waals surface area contributed by atoms with Crippen molar-refractivity contribution in [3.8, 4) is 0 Å². The Balaban J connectivity index is 1.77. The number of carboxylic acids is 1. The molecule has 1 amide bonds. The van der Waals surface area contributed by atoms with Gasteiger partial charge in [-0.25, -0.2) is 4.79 Å². The van der Waals surface area contributed by atoms with Gasteiger partial charge in [0.15, 0.2) is 0 Å². The molecule has 0 aromatic heterocycles. The molecule has 2 fully saturated rings. The largest absolute Gasteiger partial charge is 0.478 e. The summed E-state index contributed by atoms with van der Waals surface area (Å²) < 4.78 is 5.58. The minimum Gasteiger partial charge on any atom is -0.478 e. The number of aromatic carboxylic acids is 1. The second kappa shape index (κ2) is 6.06. The lowest BCUT2D eigenvalue weighted by Gasteiger charge is -2.29. The second-order valence-electron chi connectivity index (χ2n) is 6.04. The predicted octanol–water partition coefficient (Wildman–Crippen LogP) is 0.674. The Morgan fingerprint density at radius 1 is 1.36 bits per heavy atom. The molecule has 2 aliphatic heterocycles. The first-order valence-electron chi connectivity index (χ1n) is 7.43. The van der Waals surface area contributed by atoms with Gasteiger partial charge in [0.05, 0.1) is 30.7 Å². The second-order valence-corrected chi connectivity index (χ2v) is 6.04. The third-order valence-corrected chi connectivity index (χ3v) is 4.40. The van der Waals surface area contributed by atoms with E-state index in [0.717, 1.165) is 12.1 Å². The highest BCUT2D eigenvalue weighted by Crippen LogP contribution is 2.21. The maximum absolute atomic E-state index is 12.3. The van der Waals surface area contributed by atoms with Crippen molar-refractivity contribution in [1.29, 1.82) is 0 Å². The number of ether oxygens (including phenoxy) is 1. The molecule has 2 heterocycles. The van der Waals surface area contributed by atoms with E-state index in [9.17, 15) is 9.59 Å². The van der Waals surface area contributed by atoms with Gasteiger partial charge in [-0.1, -0.05) is 12.1 Å². The number of fused-ring (bicyclic) bond motifs is 3. The lowest BCUT2D eigenvalue weighted by molar-refractivity contribution is -0.134. The van der Waals surface area contributed by atoms with Crippen molar-refractivity contribution >= 4 is 11.9 Å². The summed E-state index contributed by atoms with van der Waals surface area (Å²) >= 11 is 0. The van der Waals surface area contributed by atoms with Crippen molar-refractivity contribution in [2.75, 3.05) is 33.4 Å². The lowest BCUT2D eigenvalue weighted by atomic mass is 10.1. The smallest absolute Gasteiger partial charge is 0.335 e. The van der Waals surface area contributed by atoms with Gasteiger partial charge in [0, 0.05) is 26.7 Å². The van der Waals surface area contributed by atoms with E-state index in [1.54, 1.807) is 23.1 Å². The summed E-state index contributed by atoms with van der Waals surface area (Å²) in [6, 6.07) is 7.04. The molecule has 2 atom stereocenters. The number of amides is 1. The average Bonchev–Trinajstić information content (AvgIpc) is 2.66. The van der Waals surface area contributed by atoms with Crippen molar-refractivity contribution in [3.63, 3.8) is 0 Å². The summed E-state index contributed by atoms with van der Waals surface area (Å²) in [6.07, 6.45) is 0. The maximum Gasteiger partial charge on any atom is 0.335 e. The molecule has 0 saturated carbocycles. The number of carboxylic acid groups (broad SMARTS) is 1. The Bertz CT molecular complexity index is 589. The van der Waals surface area contributed by atoms with Gasteiger partial charge in [-0.2, -0.15) is 0 Å². The number of carbonyl (C=O) groups excluding carboxylic acids is 1. The first kappa shape index (κ1) is 15.0. The van der Waals surface area contributed by atoms with Gasteiger partial charge in [-0.05, 0) is 17.7 Å². The third kappa shape index (κ3) is 2.98. The first-order chi connectivity index (χ1) is 10.5. The van der Waals surface area contributed by atoms with Crippen molar-refractivity contribution in [1.82, 2.24) is 9.80 Å². The summed E-state index contributed by atoms with van der Waals surface area (Å²) in [7, 11) is 1.84. The fourth-order valence-electron chi connectivity index (χ4n) is 3.18. The number of benzene rings is 1. The Morgan fingerprint density at radius 2 is 2.18 bits per heavy atom. The Kier molecular flexibility index (Phi) is 4.13. The van der Waals surface area contributed by atoms with E-state index in [0.29, 0.717) is 31.9 Å². The molecular weight excluding hydrogens is 284 g/mol. The molecule has 1 N–H and O–H groups in total. The molecule has 2 saturated heterocycles. The zero-order valence-corrected chi connectivity index (χ0v) is 12.6. The van der Waals surface area contributed by atoms with Crippen LogP contribution in [0.1, 0.15) is 15.9 Å². The number of hydrogen-bond donors (Lipinski definition) is 1. The van der Waals surface area contributed by atoms with Crippen LogP contribution in [0.4, 0.5) is 0 Å². The van der Waals surface area contributed by atoms with Crippen LogP contribution in [-0.2, 0) is 16.1 Å². The Morgan fingerprint density at radius 3 is 2.95 bits per heavy atom. The minimum absolute atomic E-state index is 0.0580. The SMILES string of the molecule is CN1C(=O)[C@H]2COC[C@@H]1CN(Cc1cccc(C(=O)O)c1)C2. The molecule has 22 heavy (non-hydrogen) atoms. The van der Waals surface area contributed by atoms with Gasteiger partial charge in [-0.15, -0.1) is 0 Å². The molecule has 6 heteroatoms. The standard InChI is InChI=1S/C16H20N2O4/c1-17-14-8-18(7-13(15(17)19)9-22-10-14)6-11-3-2-4-12(5-11)16(20)21/h2-5,13-14H,6-10H2,1H3,(H,20,21)/t13-,14+/m1/s1. The highest BCUT2D eigenvalue weighted by atomic mass is 16.5. The molecule has 0 aliphatic carbocycles. The molecule has 6 nitrogen and oxygen atoms in total. The summed E-state index contributed by atoms with van der Waals surface area (Å²) in [5, 5.41) is 9.08. The quantitative estimate of drug-likeness (QED) is 0.889. The topological polar surface area (TPSA) is 70.1 Å². The number of likely N-dealkylation sites (N-methyl/N-ethyl adjacent to an activating group) is 1. The van der Waals surface area contributed by atoms with Crippen LogP contribution < -0.4 is 0 Å². The van der Waals surface area contributed by atoms with Crippen molar-refractivity contribution < 1.29 is 19.4 Å². The number of carbonyl (C=O) groups is 2. The highest BCUT2D eigenvalue weighted by Gasteiger charge is 2.37. The molecule has 1 aromatic rings. The summed E-state index contributed by atoms with van der Waals surface area (Å²) in [6.45, 7) is 3.07. The molecule has 0 radical (unpaired) electrons. The normalized spacial score (nSPS) is 25.9. The van der Waals surface area contributed by atoms with Gasteiger partial charge < -0.3 is 14.7 Å². The van der Waals surface area contributed by atoms with Crippen molar-refractivity contribution in [2.45, 2.75) is 12.6 Å². The highest BCUT2D eigenvalue weighted by molar-refractivity contribution is 5.87. The fraction of sp³-hybridized carbons (Fsp3) is 0.500. The Labute approximate surface area is 129 Å². The van der Waals surface area contributed by atoms with Crippen LogP contribution in [0.2, 0.25) is 0 Å². The van der Waals surface area contributed by atoms with E-state index in [2.05, 4.69) is 4.90 Å². The van der Waals surface area contributed by atoms with Crippen LogP contribution >= 0.6 is 0 Å². The Hall–Kier alpha value is -1.92. The van der Waals surface area contributed by atoms with Gasteiger partial charge in [0.25, 0.3) is 0 Å². The third-order valence-electron chi connectivity index (χ3n) is 4.40. The molecule has 0 spiro atoms. The maximum atomic E-state index is 12.3. The van der Waals surface area contributed by atoms with Crippen molar-refractivity contribution in [2.24, 2.45) is 5.92 Å². The van der Waals surface area contributed by atoms with E-state index in [1.165, 1.54) is 0 Å². The van der Waals surface area contributed by atoms with Gasteiger partial charge >= 0.3 is 5.97 Å². The summed E-state index contributed by atoms with van der Waals surface area (Å²) in [5.41, 5.74) is 1.25. The van der Waals surface area contributed by atoms with Crippen LogP contribution in [0.5, 0.6) is 0 Å². The summed E-state index contributed by atoms with van der Waals surface area (Å²) in [5.74, 6) is -0.914. The average molecular weight is 304 g/mol. The molecule has 1 aromatic carbocycles. The van der Waals surface area contributed by atoms with Crippen molar-refractivity contribution in [3.05, 3.63) is 35.4 Å². The molecule has 2 aliphatic rings. The van der Waals surface area contributed by atoms with E-state index < -0.39 is 5.97 Å². The molecular formula is C16H20N2O4. The molecule has 118 valence electrons. The predicted molar refractivity (Wildman–Crippen MR) is 79.5 cm³/mol. The fourth-order valence-corrected chi connectivity index (χ4v) is 3.18. The molecule has 0 unspecified atom stereocenters. The van der Waals surface area contributed by atoms with Gasteiger partial charge in [-0.3, -0.25) is 9.69 Å². The number of nitrogens with zero attached hydrogens (tertiary/aromatic N) is 2. The van der Waals surface area contributed by atoms with E-state index >= 15 is 0 Å². The number of hydrogen-bond acceptors (Lipinski definition) is 4. The van der Waals surface area contributed by atoms with Crippen LogP contribution in [0.15, 0.2) is 24.3 Å². The molecule has 2 bridgehead atoms.